The van der Waals surface area contributed by atoms with Gasteiger partial charge in [0, 0.05) is 13.3 Å². The minimum Gasteiger partial charge on any atom is -0.462 e. The molecule has 1 fully saturated rings. The number of hydrogen-bond acceptors (Lipinski definition) is 10. The second kappa shape index (κ2) is 16.3. The van der Waals surface area contributed by atoms with E-state index in [2.05, 4.69) is 6.92 Å². The van der Waals surface area contributed by atoms with Crippen molar-refractivity contribution in [3.05, 3.63) is 0 Å². The quantitative estimate of drug-likeness (QED) is 0.191. The molecule has 10 nitrogen and oxygen atoms in total. The maximum Gasteiger partial charge on any atom is 0.306 e. The van der Waals surface area contributed by atoms with Gasteiger partial charge in [0.25, 0.3) is 0 Å². The molecular formula is C22H40O10. The molecule has 0 bridgehead atoms. The molecule has 0 saturated carbocycles. The third-order valence-corrected chi connectivity index (χ3v) is 5.30. The van der Waals surface area contributed by atoms with Crippen molar-refractivity contribution in [3.8, 4) is 0 Å². The molecule has 0 radical (unpaired) electrons. The first-order valence-electron chi connectivity index (χ1n) is 11.5. The van der Waals surface area contributed by atoms with Crippen LogP contribution in [0.1, 0.15) is 71.6 Å². The molecule has 1 aliphatic rings. The standard InChI is InChI=1S/C22H40O10/c1-3-4-5-6-7-8-9-10-11-18(25)31-16(13-29-15(2)24)14-30-22-21(28)20(27)19(26)17(12-23)32-22/h16-17,19-23,26-28H,3-14H2,1-2H3. The highest BCUT2D eigenvalue weighted by atomic mass is 16.7. The lowest BCUT2D eigenvalue weighted by Gasteiger charge is -2.39. The summed E-state index contributed by atoms with van der Waals surface area (Å²) in [6.45, 7) is 2.29. The van der Waals surface area contributed by atoms with Gasteiger partial charge in [0.15, 0.2) is 12.4 Å². The topological polar surface area (TPSA) is 152 Å². The summed E-state index contributed by atoms with van der Waals surface area (Å²) in [5, 5.41) is 38.9. The number of carbonyl (C=O) groups excluding carboxylic acids is 2. The van der Waals surface area contributed by atoms with Crippen molar-refractivity contribution in [2.45, 2.75) is 108 Å². The van der Waals surface area contributed by atoms with E-state index < -0.39 is 55.4 Å². The van der Waals surface area contributed by atoms with Crippen LogP contribution in [0.2, 0.25) is 0 Å². The van der Waals surface area contributed by atoms with Crippen LogP contribution in [0, 0.1) is 0 Å². The molecule has 0 aliphatic carbocycles. The number of ether oxygens (including phenoxy) is 4. The molecule has 0 aromatic rings. The van der Waals surface area contributed by atoms with Crippen molar-refractivity contribution >= 4 is 11.9 Å². The van der Waals surface area contributed by atoms with Crippen molar-refractivity contribution in [2.24, 2.45) is 0 Å². The van der Waals surface area contributed by atoms with E-state index in [1.54, 1.807) is 0 Å². The van der Waals surface area contributed by atoms with Crippen LogP contribution in [-0.4, -0.2) is 89.0 Å². The smallest absolute Gasteiger partial charge is 0.306 e. The fourth-order valence-electron chi connectivity index (χ4n) is 3.38. The zero-order valence-electron chi connectivity index (χ0n) is 19.2. The van der Waals surface area contributed by atoms with Crippen molar-refractivity contribution in [2.75, 3.05) is 19.8 Å². The maximum atomic E-state index is 12.2. The third kappa shape index (κ3) is 11.0. The third-order valence-electron chi connectivity index (χ3n) is 5.30. The minimum absolute atomic E-state index is 0.228. The number of rotatable bonds is 16. The minimum atomic E-state index is -1.58. The zero-order chi connectivity index (χ0) is 23.9. The summed E-state index contributed by atoms with van der Waals surface area (Å²) in [4.78, 5) is 23.3. The Morgan fingerprint density at radius 3 is 2.12 bits per heavy atom. The highest BCUT2D eigenvalue weighted by molar-refractivity contribution is 5.69. The van der Waals surface area contributed by atoms with Crippen molar-refractivity contribution in [1.29, 1.82) is 0 Å². The molecule has 1 rings (SSSR count). The number of esters is 2. The Bertz CT molecular complexity index is 527. The summed E-state index contributed by atoms with van der Waals surface area (Å²) >= 11 is 0. The van der Waals surface area contributed by atoms with E-state index in [0.29, 0.717) is 6.42 Å². The molecule has 6 unspecified atom stereocenters. The van der Waals surface area contributed by atoms with Gasteiger partial charge in [0.2, 0.25) is 0 Å². The van der Waals surface area contributed by atoms with Crippen LogP contribution in [0.25, 0.3) is 0 Å². The fraction of sp³-hybridized carbons (Fsp3) is 0.909. The lowest BCUT2D eigenvalue weighted by Crippen LogP contribution is -2.59. The van der Waals surface area contributed by atoms with Gasteiger partial charge in [-0.15, -0.1) is 0 Å². The second-order valence-corrected chi connectivity index (χ2v) is 8.17. The number of aliphatic hydroxyl groups excluding tert-OH is 4. The van der Waals surface area contributed by atoms with E-state index in [0.717, 1.165) is 19.3 Å². The molecule has 188 valence electrons. The molecule has 1 heterocycles. The number of hydrogen-bond donors (Lipinski definition) is 4. The van der Waals surface area contributed by atoms with Gasteiger partial charge in [-0.25, -0.2) is 0 Å². The van der Waals surface area contributed by atoms with Crippen molar-refractivity contribution in [1.82, 2.24) is 0 Å². The summed E-state index contributed by atoms with van der Waals surface area (Å²) in [6.07, 6.45) is 0.895. The van der Waals surface area contributed by atoms with E-state index in [1.165, 1.54) is 32.6 Å². The first kappa shape index (κ1) is 28.7. The Hall–Kier alpha value is -1.30. The van der Waals surface area contributed by atoms with Crippen molar-refractivity contribution < 1.29 is 49.0 Å². The number of aliphatic hydroxyl groups is 4. The molecule has 1 saturated heterocycles. The summed E-state index contributed by atoms with van der Waals surface area (Å²) < 4.78 is 20.9. The first-order chi connectivity index (χ1) is 15.3. The Morgan fingerprint density at radius 1 is 0.906 bits per heavy atom. The van der Waals surface area contributed by atoms with Gasteiger partial charge in [-0.05, 0) is 6.42 Å². The number of unbranched alkanes of at least 4 members (excludes halogenated alkanes) is 7. The predicted molar refractivity (Wildman–Crippen MR) is 113 cm³/mol. The van der Waals surface area contributed by atoms with Crippen LogP contribution < -0.4 is 0 Å². The number of carbonyl (C=O) groups is 2. The van der Waals surface area contributed by atoms with E-state index in [9.17, 15) is 30.0 Å². The van der Waals surface area contributed by atoms with Crippen LogP contribution in [0.3, 0.4) is 0 Å². The fourth-order valence-corrected chi connectivity index (χ4v) is 3.38. The van der Waals surface area contributed by atoms with Gasteiger partial charge in [-0.1, -0.05) is 51.9 Å². The van der Waals surface area contributed by atoms with Gasteiger partial charge < -0.3 is 39.4 Å². The molecule has 1 aliphatic heterocycles. The summed E-state index contributed by atoms with van der Waals surface area (Å²) in [6, 6.07) is 0. The maximum absolute atomic E-state index is 12.2. The van der Waals surface area contributed by atoms with Gasteiger partial charge in [0.1, 0.15) is 31.0 Å². The van der Waals surface area contributed by atoms with Crippen LogP contribution in [0.4, 0.5) is 0 Å². The highest BCUT2D eigenvalue weighted by Gasteiger charge is 2.44. The Balaban J connectivity index is 2.43. The average Bonchev–Trinajstić information content (AvgIpc) is 2.76. The van der Waals surface area contributed by atoms with Crippen LogP contribution in [0.15, 0.2) is 0 Å². The largest absolute Gasteiger partial charge is 0.462 e. The molecule has 0 amide bonds. The summed E-state index contributed by atoms with van der Waals surface area (Å²) in [7, 11) is 0. The monoisotopic (exact) mass is 464 g/mol. The molecule has 32 heavy (non-hydrogen) atoms. The summed E-state index contributed by atoms with van der Waals surface area (Å²) in [5.41, 5.74) is 0. The molecule has 6 atom stereocenters. The van der Waals surface area contributed by atoms with Crippen molar-refractivity contribution in [3.63, 3.8) is 0 Å². The van der Waals surface area contributed by atoms with Crippen LogP contribution >= 0.6 is 0 Å². The Labute approximate surface area is 189 Å². The zero-order valence-corrected chi connectivity index (χ0v) is 19.2. The van der Waals surface area contributed by atoms with E-state index in [-0.39, 0.29) is 19.6 Å². The molecule has 0 aromatic carbocycles. The normalized spacial score (nSPS) is 26.5. The van der Waals surface area contributed by atoms with Gasteiger partial charge in [-0.2, -0.15) is 0 Å². The van der Waals surface area contributed by atoms with E-state index in [4.69, 9.17) is 18.9 Å². The van der Waals surface area contributed by atoms with E-state index in [1.807, 2.05) is 0 Å². The van der Waals surface area contributed by atoms with Gasteiger partial charge in [-0.3, -0.25) is 9.59 Å². The SMILES string of the molecule is CCCCCCCCCCC(=O)OC(COC(C)=O)COC1OC(CO)C(O)C(O)C1O. The predicted octanol–water partition coefficient (Wildman–Crippen LogP) is 0.809. The average molecular weight is 465 g/mol. The summed E-state index contributed by atoms with van der Waals surface area (Å²) in [5.74, 6) is -1.01. The molecule has 10 heteroatoms. The van der Waals surface area contributed by atoms with Gasteiger partial charge in [0.05, 0.1) is 13.2 Å². The van der Waals surface area contributed by atoms with Crippen LogP contribution in [-0.2, 0) is 28.5 Å². The highest BCUT2D eigenvalue weighted by Crippen LogP contribution is 2.22. The lowest BCUT2D eigenvalue weighted by molar-refractivity contribution is -0.305. The molecular weight excluding hydrogens is 424 g/mol. The van der Waals surface area contributed by atoms with E-state index >= 15 is 0 Å². The first-order valence-corrected chi connectivity index (χ1v) is 11.5. The lowest BCUT2D eigenvalue weighted by atomic mass is 9.99. The molecule has 0 aromatic heterocycles. The van der Waals surface area contributed by atoms with Gasteiger partial charge >= 0.3 is 11.9 Å². The molecule has 4 N–H and O–H groups in total. The Morgan fingerprint density at radius 2 is 1.53 bits per heavy atom. The Kier molecular flexibility index (Phi) is 14.7. The molecule has 0 spiro atoms. The second-order valence-electron chi connectivity index (χ2n) is 8.17. The van der Waals surface area contributed by atoms with Crippen LogP contribution in [0.5, 0.6) is 0 Å².